The van der Waals surface area contributed by atoms with Crippen molar-refractivity contribution in [3.05, 3.63) is 21.3 Å². The highest BCUT2D eigenvalue weighted by molar-refractivity contribution is 8.07. The summed E-state index contributed by atoms with van der Waals surface area (Å²) >= 11 is 22.8. The van der Waals surface area contributed by atoms with Gasteiger partial charge in [0.25, 0.3) is 0 Å². The SMILES string of the molecule is CCOP(=S)(OCC)Oc1ncc(Cl)c(Cl)c1Cl. The molecule has 0 aliphatic carbocycles. The van der Waals surface area contributed by atoms with E-state index in [0.717, 1.165) is 0 Å². The van der Waals surface area contributed by atoms with E-state index in [1.54, 1.807) is 13.8 Å². The van der Waals surface area contributed by atoms with Crippen LogP contribution in [0, 0.1) is 0 Å². The highest BCUT2D eigenvalue weighted by atomic mass is 35.5. The Kier molecular flexibility index (Phi) is 6.62. The summed E-state index contributed by atoms with van der Waals surface area (Å²) in [6, 6.07) is 0. The van der Waals surface area contributed by atoms with Gasteiger partial charge < -0.3 is 4.52 Å². The van der Waals surface area contributed by atoms with Crippen LogP contribution in [0.2, 0.25) is 15.1 Å². The molecule has 0 N–H and O–H groups in total. The van der Waals surface area contributed by atoms with Gasteiger partial charge in [-0.05, 0) is 13.8 Å². The van der Waals surface area contributed by atoms with Gasteiger partial charge in [0.05, 0.1) is 29.5 Å². The molecule has 0 radical (unpaired) electrons. The van der Waals surface area contributed by atoms with Crippen molar-refractivity contribution in [3.8, 4) is 5.88 Å². The molecular formula is C9H11Cl3NO3PS. The van der Waals surface area contributed by atoms with Crippen molar-refractivity contribution in [2.24, 2.45) is 0 Å². The number of halogens is 3. The van der Waals surface area contributed by atoms with Crippen LogP contribution in [0.3, 0.4) is 0 Å². The predicted octanol–water partition coefficient (Wildman–Crippen LogP) is 4.72. The molecule has 18 heavy (non-hydrogen) atoms. The molecule has 0 atom stereocenters. The maximum Gasteiger partial charge on any atom is 0.381 e. The monoisotopic (exact) mass is 349 g/mol. The lowest BCUT2D eigenvalue weighted by Crippen LogP contribution is -2.03. The van der Waals surface area contributed by atoms with E-state index >= 15 is 0 Å². The Bertz CT molecular complexity index is 465. The molecule has 4 nitrogen and oxygen atoms in total. The first-order valence-electron chi connectivity index (χ1n) is 5.01. The maximum atomic E-state index is 5.96. The Balaban J connectivity index is 3.01. The van der Waals surface area contributed by atoms with Gasteiger partial charge >= 0.3 is 6.72 Å². The minimum absolute atomic E-state index is 0.0521. The molecule has 0 fully saturated rings. The molecule has 0 amide bonds. The highest BCUT2D eigenvalue weighted by Crippen LogP contribution is 2.51. The lowest BCUT2D eigenvalue weighted by molar-refractivity contribution is 0.216. The van der Waals surface area contributed by atoms with Gasteiger partial charge in [0, 0.05) is 11.8 Å². The highest BCUT2D eigenvalue weighted by Gasteiger charge is 2.24. The third-order valence-electron chi connectivity index (χ3n) is 1.66. The molecule has 1 rings (SSSR count). The summed E-state index contributed by atoms with van der Waals surface area (Å²) in [6.45, 7) is 1.37. The Hall–Kier alpha value is 0.390. The second-order valence-electron chi connectivity index (χ2n) is 2.91. The van der Waals surface area contributed by atoms with E-state index in [9.17, 15) is 0 Å². The first-order chi connectivity index (χ1) is 8.43. The molecule has 1 heterocycles. The average molecular weight is 351 g/mol. The van der Waals surface area contributed by atoms with Crippen LogP contribution >= 0.6 is 41.5 Å². The summed E-state index contributed by atoms with van der Waals surface area (Å²) in [4.78, 5) is 3.92. The zero-order valence-corrected chi connectivity index (χ0v) is 13.6. The molecule has 1 aromatic rings. The second kappa shape index (κ2) is 7.25. The topological polar surface area (TPSA) is 40.6 Å². The number of nitrogens with zero attached hydrogens (tertiary/aromatic N) is 1. The van der Waals surface area contributed by atoms with Crippen molar-refractivity contribution < 1.29 is 13.6 Å². The first kappa shape index (κ1) is 16.4. The smallest absolute Gasteiger partial charge is 0.381 e. The van der Waals surface area contributed by atoms with Crippen molar-refractivity contribution in [2.45, 2.75) is 13.8 Å². The van der Waals surface area contributed by atoms with Gasteiger partial charge in [-0.3, -0.25) is 9.05 Å². The van der Waals surface area contributed by atoms with Crippen LogP contribution in [0.25, 0.3) is 0 Å². The van der Waals surface area contributed by atoms with Gasteiger partial charge in [0.15, 0.2) is 0 Å². The molecule has 0 saturated carbocycles. The lowest BCUT2D eigenvalue weighted by Gasteiger charge is -2.21. The normalized spacial score (nSPS) is 11.6. The lowest BCUT2D eigenvalue weighted by atomic mass is 10.5. The molecule has 0 aromatic carbocycles. The molecule has 0 aliphatic rings. The zero-order chi connectivity index (χ0) is 13.8. The van der Waals surface area contributed by atoms with E-state index in [4.69, 9.17) is 60.2 Å². The Morgan fingerprint density at radius 3 is 2.22 bits per heavy atom. The summed E-state index contributed by atoms with van der Waals surface area (Å²) in [7, 11) is 0. The van der Waals surface area contributed by atoms with Crippen molar-refractivity contribution >= 4 is 53.3 Å². The average Bonchev–Trinajstić information content (AvgIpc) is 2.31. The zero-order valence-electron chi connectivity index (χ0n) is 9.65. The van der Waals surface area contributed by atoms with Crippen LogP contribution in [-0.4, -0.2) is 18.2 Å². The Labute approximate surface area is 126 Å². The minimum atomic E-state index is -2.92. The molecule has 0 saturated heterocycles. The van der Waals surface area contributed by atoms with E-state index in [-0.39, 0.29) is 20.9 Å². The molecule has 0 aliphatic heterocycles. The molecule has 1 aromatic heterocycles. The van der Waals surface area contributed by atoms with E-state index in [2.05, 4.69) is 4.98 Å². The van der Waals surface area contributed by atoms with Crippen LogP contribution in [0.15, 0.2) is 6.20 Å². The fourth-order valence-electron chi connectivity index (χ4n) is 1.00. The maximum absolute atomic E-state index is 5.96. The van der Waals surface area contributed by atoms with E-state index in [1.165, 1.54) is 6.20 Å². The van der Waals surface area contributed by atoms with Crippen LogP contribution < -0.4 is 4.52 Å². The van der Waals surface area contributed by atoms with E-state index in [0.29, 0.717) is 13.2 Å². The van der Waals surface area contributed by atoms with Gasteiger partial charge in [-0.25, -0.2) is 4.98 Å². The Morgan fingerprint density at radius 1 is 1.17 bits per heavy atom. The van der Waals surface area contributed by atoms with Crippen LogP contribution in [0.1, 0.15) is 13.8 Å². The fourth-order valence-corrected chi connectivity index (χ4v) is 3.57. The number of hydrogen-bond donors (Lipinski definition) is 0. The van der Waals surface area contributed by atoms with Gasteiger partial charge in [-0.1, -0.05) is 34.8 Å². The van der Waals surface area contributed by atoms with Crippen LogP contribution in [0.5, 0.6) is 5.88 Å². The first-order valence-corrected chi connectivity index (χ1v) is 8.70. The number of aromatic nitrogens is 1. The van der Waals surface area contributed by atoms with E-state index < -0.39 is 6.72 Å². The summed E-state index contributed by atoms with van der Waals surface area (Å²) in [5.74, 6) is 0.0521. The summed E-state index contributed by atoms with van der Waals surface area (Å²) in [5.41, 5.74) is 0. The Morgan fingerprint density at radius 2 is 1.72 bits per heavy atom. The van der Waals surface area contributed by atoms with Crippen LogP contribution in [-0.2, 0) is 20.9 Å². The van der Waals surface area contributed by atoms with E-state index in [1.807, 2.05) is 0 Å². The summed E-state index contributed by atoms with van der Waals surface area (Å²) < 4.78 is 16.1. The van der Waals surface area contributed by atoms with Gasteiger partial charge in [0.1, 0.15) is 5.02 Å². The van der Waals surface area contributed by atoms with Crippen molar-refractivity contribution in [1.29, 1.82) is 0 Å². The molecular weight excluding hydrogens is 340 g/mol. The fraction of sp³-hybridized carbons (Fsp3) is 0.444. The van der Waals surface area contributed by atoms with Crippen molar-refractivity contribution in [1.82, 2.24) is 4.98 Å². The number of hydrogen-bond acceptors (Lipinski definition) is 5. The molecule has 0 bridgehead atoms. The van der Waals surface area contributed by atoms with Crippen LogP contribution in [0.4, 0.5) is 0 Å². The molecule has 0 unspecified atom stereocenters. The molecule has 0 spiro atoms. The summed E-state index contributed by atoms with van der Waals surface area (Å²) in [5, 5.41) is 0.464. The summed E-state index contributed by atoms with van der Waals surface area (Å²) in [6.07, 6.45) is 1.32. The van der Waals surface area contributed by atoms with Crippen molar-refractivity contribution in [2.75, 3.05) is 13.2 Å². The van der Waals surface area contributed by atoms with Gasteiger partial charge in [-0.2, -0.15) is 0 Å². The predicted molar refractivity (Wildman–Crippen MR) is 77.4 cm³/mol. The van der Waals surface area contributed by atoms with Crippen molar-refractivity contribution in [3.63, 3.8) is 0 Å². The standard InChI is InChI=1S/C9H11Cl3NO3PS/c1-3-14-17(18,15-4-2)16-9-8(12)7(11)6(10)5-13-9/h5H,3-4H2,1-2H3. The number of pyridine rings is 1. The largest absolute Gasteiger partial charge is 0.404 e. The second-order valence-corrected chi connectivity index (χ2v) is 7.01. The van der Waals surface area contributed by atoms with Gasteiger partial charge in [0.2, 0.25) is 5.88 Å². The third-order valence-corrected chi connectivity index (χ3v) is 5.28. The molecule has 9 heteroatoms. The number of rotatable bonds is 6. The third kappa shape index (κ3) is 4.20. The quantitative estimate of drug-likeness (QED) is 0.694. The minimum Gasteiger partial charge on any atom is -0.404 e. The van der Waals surface area contributed by atoms with Gasteiger partial charge in [-0.15, -0.1) is 0 Å². The molecule has 102 valence electrons.